The zero-order valence-corrected chi connectivity index (χ0v) is 19.9. The van der Waals surface area contributed by atoms with E-state index in [4.69, 9.17) is 4.74 Å². The van der Waals surface area contributed by atoms with Crippen LogP contribution >= 0.6 is 11.8 Å². The van der Waals surface area contributed by atoms with Crippen molar-refractivity contribution >= 4 is 29.4 Å². The van der Waals surface area contributed by atoms with Gasteiger partial charge in [-0.3, -0.25) is 10.1 Å². The smallest absolute Gasteiger partial charge is 0.409 e. The topological polar surface area (TPSA) is 58.6 Å². The van der Waals surface area contributed by atoms with Crippen molar-refractivity contribution in [3.05, 3.63) is 102 Å². The fourth-order valence-electron chi connectivity index (χ4n) is 3.95. The van der Waals surface area contributed by atoms with Gasteiger partial charge >= 0.3 is 6.09 Å². The average Bonchev–Trinajstić information content (AvgIpc) is 3.01. The van der Waals surface area contributed by atoms with E-state index in [0.717, 1.165) is 22.4 Å². The predicted molar refractivity (Wildman–Crippen MR) is 133 cm³/mol. The molecule has 0 bridgehead atoms. The van der Waals surface area contributed by atoms with E-state index in [1.807, 2.05) is 106 Å². The van der Waals surface area contributed by atoms with Crippen LogP contribution in [0.15, 0.2) is 84.9 Å². The van der Waals surface area contributed by atoms with Gasteiger partial charge in [-0.15, -0.1) is 11.8 Å². The van der Waals surface area contributed by atoms with E-state index in [0.29, 0.717) is 6.54 Å². The molecule has 0 saturated carbocycles. The number of rotatable bonds is 6. The van der Waals surface area contributed by atoms with Gasteiger partial charge in [0.15, 0.2) is 4.87 Å². The van der Waals surface area contributed by atoms with Gasteiger partial charge in [-0.05, 0) is 17.2 Å². The fraction of sp³-hybridized carbons (Fsp3) is 0.259. The lowest BCUT2D eigenvalue weighted by atomic mass is 10.1. The number of carbonyl (C=O) groups excluding carboxylic acids is 2. The predicted octanol–water partition coefficient (Wildman–Crippen LogP) is 5.84. The molecule has 1 N–H and O–H groups in total. The molecule has 1 atom stereocenters. The summed E-state index contributed by atoms with van der Waals surface area (Å²) >= 11 is 1.42. The van der Waals surface area contributed by atoms with Crippen LogP contribution in [0.1, 0.15) is 37.5 Å². The van der Waals surface area contributed by atoms with Gasteiger partial charge in [0.1, 0.15) is 6.61 Å². The molecule has 33 heavy (non-hydrogen) atoms. The Morgan fingerprint density at radius 2 is 1.48 bits per heavy atom. The highest BCUT2D eigenvalue weighted by atomic mass is 32.2. The van der Waals surface area contributed by atoms with E-state index in [-0.39, 0.29) is 17.3 Å². The minimum Gasteiger partial charge on any atom is -0.445 e. The Kier molecular flexibility index (Phi) is 6.47. The Morgan fingerprint density at radius 1 is 0.909 bits per heavy atom. The van der Waals surface area contributed by atoms with Gasteiger partial charge in [-0.25, -0.2) is 4.79 Å². The third kappa shape index (κ3) is 5.06. The molecule has 170 valence electrons. The van der Waals surface area contributed by atoms with Crippen molar-refractivity contribution in [1.29, 1.82) is 0 Å². The van der Waals surface area contributed by atoms with Crippen molar-refractivity contribution < 1.29 is 14.3 Å². The number of para-hydroxylation sites is 1. The molecule has 5 nitrogen and oxygen atoms in total. The number of amides is 2. The Balaban J connectivity index is 1.66. The van der Waals surface area contributed by atoms with E-state index in [1.165, 1.54) is 11.8 Å². The number of ether oxygens (including phenoxy) is 1. The van der Waals surface area contributed by atoms with Crippen LogP contribution in [0.2, 0.25) is 0 Å². The molecule has 0 fully saturated rings. The standard InChI is InChI=1S/C27H28N2O3S/c1-26(2,3)33-27(28-25(31)32-19-21-14-8-5-9-15-21)22-16-10-11-17-23(22)29(24(27)30)18-20-12-6-4-7-13-20/h4-17H,18-19H2,1-3H3,(H,28,31)/t27-/m0/s1. The zero-order chi connectivity index (χ0) is 23.5. The largest absolute Gasteiger partial charge is 0.445 e. The second kappa shape index (κ2) is 9.32. The molecule has 6 heteroatoms. The molecule has 4 rings (SSSR count). The highest BCUT2D eigenvalue weighted by Crippen LogP contribution is 2.51. The molecule has 1 aliphatic rings. The second-order valence-corrected chi connectivity index (χ2v) is 11.0. The van der Waals surface area contributed by atoms with Crippen molar-refractivity contribution in [3.63, 3.8) is 0 Å². The number of benzene rings is 3. The molecule has 2 amide bonds. The maximum Gasteiger partial charge on any atom is 0.409 e. The number of anilines is 1. The lowest BCUT2D eigenvalue weighted by molar-refractivity contribution is -0.121. The van der Waals surface area contributed by atoms with Crippen molar-refractivity contribution in [3.8, 4) is 0 Å². The van der Waals surface area contributed by atoms with E-state index in [2.05, 4.69) is 5.32 Å². The van der Waals surface area contributed by atoms with Gasteiger partial charge in [0.25, 0.3) is 5.91 Å². The van der Waals surface area contributed by atoms with Gasteiger partial charge in [-0.2, -0.15) is 0 Å². The molecule has 0 unspecified atom stereocenters. The van der Waals surface area contributed by atoms with Crippen LogP contribution in [0.4, 0.5) is 10.5 Å². The van der Waals surface area contributed by atoms with Crippen molar-refractivity contribution in [2.75, 3.05) is 4.90 Å². The number of carbonyl (C=O) groups is 2. The first kappa shape index (κ1) is 22.9. The Morgan fingerprint density at radius 3 is 2.12 bits per heavy atom. The third-order valence-corrected chi connectivity index (χ3v) is 6.67. The Labute approximate surface area is 199 Å². The molecule has 1 aliphatic heterocycles. The number of nitrogens with one attached hydrogen (secondary N) is 1. The van der Waals surface area contributed by atoms with Crippen molar-refractivity contribution in [2.24, 2.45) is 0 Å². The first-order chi connectivity index (χ1) is 15.8. The lowest BCUT2D eigenvalue weighted by Gasteiger charge is -2.34. The minimum atomic E-state index is -1.28. The summed E-state index contributed by atoms with van der Waals surface area (Å²) in [6.45, 7) is 6.65. The van der Waals surface area contributed by atoms with Crippen LogP contribution in [0.25, 0.3) is 0 Å². The molecule has 1 heterocycles. The monoisotopic (exact) mass is 460 g/mol. The fourth-order valence-corrected chi connectivity index (χ4v) is 5.48. The van der Waals surface area contributed by atoms with Crippen LogP contribution in [0, 0.1) is 0 Å². The summed E-state index contributed by atoms with van der Waals surface area (Å²) in [6.07, 6.45) is -0.625. The summed E-state index contributed by atoms with van der Waals surface area (Å²) in [5.41, 5.74) is 3.46. The second-order valence-electron chi connectivity index (χ2n) is 8.98. The number of thioether (sulfide) groups is 1. The zero-order valence-electron chi connectivity index (χ0n) is 19.1. The number of alkyl carbamates (subject to hydrolysis) is 1. The van der Waals surface area contributed by atoms with Crippen LogP contribution in [0.5, 0.6) is 0 Å². The molecular formula is C27H28N2O3S. The summed E-state index contributed by atoms with van der Waals surface area (Å²) in [6, 6.07) is 27.0. The quantitative estimate of drug-likeness (QED) is 0.469. The SMILES string of the molecule is CC(C)(C)S[C@]1(NC(=O)OCc2ccccc2)C(=O)N(Cc2ccccc2)c2ccccc21. The van der Waals surface area contributed by atoms with E-state index >= 15 is 0 Å². The van der Waals surface area contributed by atoms with Gasteiger partial charge in [0, 0.05) is 10.3 Å². The first-order valence-electron chi connectivity index (χ1n) is 10.9. The van der Waals surface area contributed by atoms with Crippen molar-refractivity contribution in [1.82, 2.24) is 5.32 Å². The molecule has 3 aromatic carbocycles. The Bertz CT molecular complexity index is 1130. The number of nitrogens with zero attached hydrogens (tertiary/aromatic N) is 1. The molecule has 0 spiro atoms. The van der Waals surface area contributed by atoms with Crippen LogP contribution in [-0.4, -0.2) is 16.7 Å². The van der Waals surface area contributed by atoms with Gasteiger partial charge < -0.3 is 9.64 Å². The highest BCUT2D eigenvalue weighted by molar-refractivity contribution is 8.02. The van der Waals surface area contributed by atoms with Gasteiger partial charge in [0.2, 0.25) is 0 Å². The van der Waals surface area contributed by atoms with E-state index in [1.54, 1.807) is 4.90 Å². The van der Waals surface area contributed by atoms with Crippen molar-refractivity contribution in [2.45, 2.75) is 43.5 Å². The first-order valence-corrected chi connectivity index (χ1v) is 11.7. The van der Waals surface area contributed by atoms with E-state index < -0.39 is 11.0 Å². The number of hydrogen-bond donors (Lipinski definition) is 1. The summed E-state index contributed by atoms with van der Waals surface area (Å²) < 4.78 is 5.21. The normalized spacial score (nSPS) is 17.5. The number of fused-ring (bicyclic) bond motifs is 1. The summed E-state index contributed by atoms with van der Waals surface area (Å²) in [5, 5.41) is 2.95. The van der Waals surface area contributed by atoms with Crippen LogP contribution in [-0.2, 0) is 27.6 Å². The summed E-state index contributed by atoms with van der Waals surface area (Å²) in [7, 11) is 0. The minimum absolute atomic E-state index is 0.131. The van der Waals surface area contributed by atoms with E-state index in [9.17, 15) is 9.59 Å². The summed E-state index contributed by atoms with van der Waals surface area (Å²) in [5.74, 6) is -0.177. The van der Waals surface area contributed by atoms with Gasteiger partial charge in [0.05, 0.1) is 12.2 Å². The molecule has 3 aromatic rings. The van der Waals surface area contributed by atoms with Crippen LogP contribution in [0.3, 0.4) is 0 Å². The molecule has 0 aliphatic carbocycles. The third-order valence-electron chi connectivity index (χ3n) is 5.25. The molecular weight excluding hydrogens is 432 g/mol. The molecule has 0 radical (unpaired) electrons. The summed E-state index contributed by atoms with van der Waals surface area (Å²) in [4.78, 5) is 27.4. The maximum atomic E-state index is 14.0. The highest BCUT2D eigenvalue weighted by Gasteiger charge is 2.54. The lowest BCUT2D eigenvalue weighted by Crippen LogP contribution is -2.52. The maximum absolute atomic E-state index is 14.0. The molecule has 0 aromatic heterocycles. The van der Waals surface area contributed by atoms with Gasteiger partial charge in [-0.1, -0.05) is 99.6 Å². The average molecular weight is 461 g/mol. The van der Waals surface area contributed by atoms with Crippen LogP contribution < -0.4 is 10.2 Å². The molecule has 0 saturated heterocycles. The Hall–Kier alpha value is -3.25. The number of hydrogen-bond acceptors (Lipinski definition) is 4.